The van der Waals surface area contributed by atoms with Gasteiger partial charge in [0.25, 0.3) is 5.91 Å². The van der Waals surface area contributed by atoms with E-state index in [0.29, 0.717) is 28.6 Å². The first-order valence-corrected chi connectivity index (χ1v) is 9.99. The number of aryl methyl sites for hydroxylation is 2. The largest absolute Gasteiger partial charge is 0.496 e. The lowest BCUT2D eigenvalue weighted by atomic mass is 10.1. The molecule has 1 amide bonds. The highest BCUT2D eigenvalue weighted by Crippen LogP contribution is 2.43. The maximum Gasteiger partial charge on any atom is 0.255 e. The molecule has 0 atom stereocenters. The van der Waals surface area contributed by atoms with E-state index in [9.17, 15) is 9.18 Å². The number of fused-ring (bicyclic) bond motifs is 1. The van der Waals surface area contributed by atoms with Gasteiger partial charge in [-0.2, -0.15) is 0 Å². The van der Waals surface area contributed by atoms with E-state index in [-0.39, 0.29) is 12.3 Å². The molecule has 0 aliphatic rings. The van der Waals surface area contributed by atoms with Gasteiger partial charge in [0.2, 0.25) is 0 Å². The van der Waals surface area contributed by atoms with Crippen LogP contribution < -0.4 is 20.5 Å². The molecule has 0 aliphatic carbocycles. The van der Waals surface area contributed by atoms with E-state index in [1.807, 2.05) is 32.0 Å². The van der Waals surface area contributed by atoms with Gasteiger partial charge in [0.15, 0.2) is 18.1 Å². The SMILES string of the molecule is COc1cccc(OCC(N)=O)c1-c1nc2c(F)cccn2c1Nc1c(C)cccc1C. The number of amides is 1. The van der Waals surface area contributed by atoms with Crippen LogP contribution in [-0.2, 0) is 4.79 Å². The van der Waals surface area contributed by atoms with Crippen molar-refractivity contribution in [3.8, 4) is 22.8 Å². The van der Waals surface area contributed by atoms with Crippen LogP contribution in [0.4, 0.5) is 15.9 Å². The summed E-state index contributed by atoms with van der Waals surface area (Å²) in [5.41, 5.74) is 9.23. The van der Waals surface area contributed by atoms with Crippen LogP contribution in [0.5, 0.6) is 11.5 Å². The second-order valence-corrected chi connectivity index (χ2v) is 7.34. The monoisotopic (exact) mass is 434 g/mol. The summed E-state index contributed by atoms with van der Waals surface area (Å²) in [6, 6.07) is 14.1. The number of rotatable bonds is 7. The number of benzene rings is 2. The lowest BCUT2D eigenvalue weighted by molar-refractivity contribution is -0.119. The fraction of sp³-hybridized carbons (Fsp3) is 0.167. The van der Waals surface area contributed by atoms with Crippen LogP contribution in [0.3, 0.4) is 0 Å². The Morgan fingerprint density at radius 3 is 2.47 bits per heavy atom. The highest BCUT2D eigenvalue weighted by molar-refractivity contribution is 5.87. The zero-order valence-corrected chi connectivity index (χ0v) is 18.0. The molecule has 0 radical (unpaired) electrons. The molecule has 3 N–H and O–H groups in total. The molecular weight excluding hydrogens is 411 g/mol. The average molecular weight is 434 g/mol. The molecule has 7 nitrogen and oxygen atoms in total. The van der Waals surface area contributed by atoms with E-state index >= 15 is 0 Å². The Bertz CT molecular complexity index is 1300. The molecule has 164 valence electrons. The predicted molar refractivity (Wildman–Crippen MR) is 121 cm³/mol. The summed E-state index contributed by atoms with van der Waals surface area (Å²) in [7, 11) is 1.52. The minimum Gasteiger partial charge on any atom is -0.496 e. The first-order valence-electron chi connectivity index (χ1n) is 9.99. The normalized spacial score (nSPS) is 10.9. The third-order valence-electron chi connectivity index (χ3n) is 5.14. The third kappa shape index (κ3) is 3.82. The third-order valence-corrected chi connectivity index (χ3v) is 5.14. The van der Waals surface area contributed by atoms with Gasteiger partial charge in [0, 0.05) is 11.9 Å². The first-order chi connectivity index (χ1) is 15.4. The van der Waals surface area contributed by atoms with Crippen molar-refractivity contribution in [3.05, 3.63) is 71.7 Å². The zero-order chi connectivity index (χ0) is 22.8. The number of para-hydroxylation sites is 1. The molecule has 0 unspecified atom stereocenters. The number of anilines is 2. The molecule has 2 aromatic carbocycles. The summed E-state index contributed by atoms with van der Waals surface area (Å²) in [6.07, 6.45) is 1.73. The molecule has 0 spiro atoms. The van der Waals surface area contributed by atoms with Crippen LogP contribution in [0.25, 0.3) is 16.9 Å². The quantitative estimate of drug-likeness (QED) is 0.451. The summed E-state index contributed by atoms with van der Waals surface area (Å²) in [4.78, 5) is 15.9. The number of nitrogens with zero attached hydrogens (tertiary/aromatic N) is 2. The molecule has 0 aliphatic heterocycles. The minimum absolute atomic E-state index is 0.142. The number of aromatic nitrogens is 2. The summed E-state index contributed by atoms with van der Waals surface area (Å²) in [5.74, 6) is 0.244. The number of carbonyl (C=O) groups is 1. The van der Waals surface area contributed by atoms with Crippen molar-refractivity contribution in [3.63, 3.8) is 0 Å². The van der Waals surface area contributed by atoms with E-state index in [1.54, 1.807) is 34.9 Å². The standard InChI is InChI=1S/C24H23FN4O3/c1-14-7-4-8-15(2)21(14)27-24-22(28-23-16(25)9-6-12-29(23)24)20-17(31-3)10-5-11-18(20)32-13-19(26)30/h4-12,27H,13H2,1-3H3,(H2,26,30). The van der Waals surface area contributed by atoms with Crippen LogP contribution in [0.1, 0.15) is 11.1 Å². The number of ether oxygens (including phenoxy) is 2. The number of methoxy groups -OCH3 is 1. The molecule has 0 bridgehead atoms. The van der Waals surface area contributed by atoms with Crippen LogP contribution in [0.2, 0.25) is 0 Å². The second-order valence-electron chi connectivity index (χ2n) is 7.34. The topological polar surface area (TPSA) is 90.9 Å². The molecule has 0 saturated heterocycles. The van der Waals surface area contributed by atoms with Gasteiger partial charge in [-0.15, -0.1) is 0 Å². The fourth-order valence-corrected chi connectivity index (χ4v) is 3.64. The summed E-state index contributed by atoms with van der Waals surface area (Å²) in [6.45, 7) is 3.66. The van der Waals surface area contributed by atoms with Crippen molar-refractivity contribution < 1.29 is 18.7 Å². The molecule has 0 saturated carbocycles. The molecule has 2 aromatic heterocycles. The van der Waals surface area contributed by atoms with Crippen LogP contribution in [-0.4, -0.2) is 29.0 Å². The molecular formula is C24H23FN4O3. The van der Waals surface area contributed by atoms with E-state index in [2.05, 4.69) is 10.3 Å². The van der Waals surface area contributed by atoms with Crippen LogP contribution in [0.15, 0.2) is 54.7 Å². The highest BCUT2D eigenvalue weighted by Gasteiger charge is 2.24. The smallest absolute Gasteiger partial charge is 0.255 e. The molecule has 4 aromatic rings. The molecule has 4 rings (SSSR count). The number of halogens is 1. The Labute approximate surface area is 184 Å². The van der Waals surface area contributed by atoms with E-state index in [4.69, 9.17) is 15.2 Å². The summed E-state index contributed by atoms with van der Waals surface area (Å²) >= 11 is 0. The van der Waals surface area contributed by atoms with Crippen LogP contribution in [0, 0.1) is 19.7 Å². The van der Waals surface area contributed by atoms with Crippen molar-refractivity contribution in [1.82, 2.24) is 9.38 Å². The number of primary amides is 1. The lowest BCUT2D eigenvalue weighted by Gasteiger charge is -2.17. The molecule has 8 heteroatoms. The zero-order valence-electron chi connectivity index (χ0n) is 18.0. The number of nitrogens with one attached hydrogen (secondary N) is 1. The molecule has 2 heterocycles. The maximum atomic E-state index is 14.7. The number of hydrogen-bond donors (Lipinski definition) is 2. The van der Waals surface area contributed by atoms with Crippen molar-refractivity contribution in [2.45, 2.75) is 13.8 Å². The average Bonchev–Trinajstić information content (AvgIpc) is 3.13. The lowest BCUT2D eigenvalue weighted by Crippen LogP contribution is -2.20. The number of nitrogens with two attached hydrogens (primary N) is 1. The predicted octanol–water partition coefficient (Wildman–Crippen LogP) is 4.37. The molecule has 32 heavy (non-hydrogen) atoms. The second kappa shape index (κ2) is 8.58. The van der Waals surface area contributed by atoms with Crippen LogP contribution >= 0.6 is 0 Å². The Hall–Kier alpha value is -4.07. The van der Waals surface area contributed by atoms with E-state index in [0.717, 1.165) is 16.8 Å². The highest BCUT2D eigenvalue weighted by atomic mass is 19.1. The number of imidazole rings is 1. The van der Waals surface area contributed by atoms with Gasteiger partial charge in [-0.05, 0) is 49.2 Å². The minimum atomic E-state index is -0.617. The van der Waals surface area contributed by atoms with Crippen molar-refractivity contribution in [1.29, 1.82) is 0 Å². The van der Waals surface area contributed by atoms with Gasteiger partial charge in [-0.25, -0.2) is 9.37 Å². The van der Waals surface area contributed by atoms with Gasteiger partial charge in [0.1, 0.15) is 23.0 Å². The van der Waals surface area contributed by atoms with Gasteiger partial charge in [-0.3, -0.25) is 9.20 Å². The maximum absolute atomic E-state index is 14.7. The van der Waals surface area contributed by atoms with E-state index < -0.39 is 11.7 Å². The van der Waals surface area contributed by atoms with Crippen molar-refractivity contribution in [2.75, 3.05) is 19.0 Å². The Balaban J connectivity index is 1.99. The van der Waals surface area contributed by atoms with Gasteiger partial charge >= 0.3 is 0 Å². The van der Waals surface area contributed by atoms with E-state index in [1.165, 1.54) is 13.2 Å². The number of hydrogen-bond acceptors (Lipinski definition) is 5. The number of carbonyl (C=O) groups excluding carboxylic acids is 1. The number of pyridine rings is 1. The Morgan fingerprint density at radius 1 is 1.09 bits per heavy atom. The fourth-order valence-electron chi connectivity index (χ4n) is 3.64. The van der Waals surface area contributed by atoms with Crippen molar-refractivity contribution in [2.24, 2.45) is 5.73 Å². The van der Waals surface area contributed by atoms with Gasteiger partial charge in [-0.1, -0.05) is 24.3 Å². The summed E-state index contributed by atoms with van der Waals surface area (Å²) < 4.78 is 27.5. The van der Waals surface area contributed by atoms with Gasteiger partial charge in [0.05, 0.1) is 12.7 Å². The Kier molecular flexibility index (Phi) is 5.68. The van der Waals surface area contributed by atoms with Gasteiger partial charge < -0.3 is 20.5 Å². The summed E-state index contributed by atoms with van der Waals surface area (Å²) in [5, 5.41) is 3.43. The Morgan fingerprint density at radius 2 is 1.78 bits per heavy atom. The molecule has 0 fully saturated rings. The van der Waals surface area contributed by atoms with Crippen molar-refractivity contribution >= 4 is 23.1 Å². The first kappa shape index (κ1) is 21.2.